The zero-order valence-corrected chi connectivity index (χ0v) is 13.6. The average Bonchev–Trinajstić information content (AvgIpc) is 3.05. The van der Waals surface area contributed by atoms with Crippen molar-refractivity contribution in [1.29, 1.82) is 0 Å². The molecule has 23 heavy (non-hydrogen) atoms. The van der Waals surface area contributed by atoms with Crippen molar-refractivity contribution in [2.75, 3.05) is 18.8 Å². The van der Waals surface area contributed by atoms with E-state index >= 15 is 0 Å². The molecule has 7 nitrogen and oxygen atoms in total. The van der Waals surface area contributed by atoms with Crippen LogP contribution in [0.1, 0.15) is 25.8 Å². The van der Waals surface area contributed by atoms with Gasteiger partial charge in [-0.1, -0.05) is 0 Å². The van der Waals surface area contributed by atoms with E-state index in [0.29, 0.717) is 37.3 Å². The summed E-state index contributed by atoms with van der Waals surface area (Å²) in [5.74, 6) is 0.243. The van der Waals surface area contributed by atoms with Crippen LogP contribution in [0.2, 0.25) is 0 Å². The lowest BCUT2D eigenvalue weighted by atomic mass is 10.1. The van der Waals surface area contributed by atoms with Crippen LogP contribution >= 0.6 is 0 Å². The maximum Gasteiger partial charge on any atom is 0.213 e. The first-order chi connectivity index (χ1) is 11.0. The van der Waals surface area contributed by atoms with Crippen molar-refractivity contribution < 1.29 is 12.8 Å². The van der Waals surface area contributed by atoms with E-state index < -0.39 is 10.0 Å². The molecule has 0 aliphatic carbocycles. The number of nitrogens with zero attached hydrogens (tertiary/aromatic N) is 5. The molecule has 1 saturated heterocycles. The molecule has 1 aromatic heterocycles. The second-order valence-corrected chi connectivity index (χ2v) is 7.73. The van der Waals surface area contributed by atoms with Crippen LogP contribution in [0.15, 0.2) is 24.3 Å². The Labute approximate surface area is 134 Å². The second kappa shape index (κ2) is 6.32. The lowest BCUT2D eigenvalue weighted by Gasteiger charge is -2.29. The van der Waals surface area contributed by atoms with Crippen LogP contribution in [0.3, 0.4) is 0 Å². The third-order valence-electron chi connectivity index (χ3n) is 4.04. The highest BCUT2D eigenvalue weighted by Crippen LogP contribution is 2.24. The van der Waals surface area contributed by atoms with Gasteiger partial charge in [-0.2, -0.15) is 4.80 Å². The summed E-state index contributed by atoms with van der Waals surface area (Å²) in [6.45, 7) is 2.58. The number of rotatable bonds is 4. The van der Waals surface area contributed by atoms with Crippen molar-refractivity contribution in [3.63, 3.8) is 0 Å². The van der Waals surface area contributed by atoms with Crippen LogP contribution in [0.4, 0.5) is 4.39 Å². The third kappa shape index (κ3) is 3.40. The number of tetrazole rings is 1. The SMILES string of the molecule is CCS(=O)(=O)N1CCC(n2nnc(-c3ccc(F)cc3)n2)CC1. The Bertz CT molecular complexity index is 767. The maximum atomic E-state index is 12.9. The Morgan fingerprint density at radius 2 is 1.87 bits per heavy atom. The fourth-order valence-electron chi connectivity index (χ4n) is 2.63. The Morgan fingerprint density at radius 3 is 2.48 bits per heavy atom. The highest BCUT2D eigenvalue weighted by atomic mass is 32.2. The molecule has 0 atom stereocenters. The quantitative estimate of drug-likeness (QED) is 0.842. The van der Waals surface area contributed by atoms with Crippen LogP contribution in [0, 0.1) is 5.82 Å². The van der Waals surface area contributed by atoms with E-state index in [4.69, 9.17) is 0 Å². The number of benzene rings is 1. The van der Waals surface area contributed by atoms with E-state index in [9.17, 15) is 12.8 Å². The molecule has 0 unspecified atom stereocenters. The number of hydrogen-bond donors (Lipinski definition) is 0. The Hall–Kier alpha value is -1.87. The Morgan fingerprint density at radius 1 is 1.22 bits per heavy atom. The topological polar surface area (TPSA) is 81.0 Å². The number of piperidine rings is 1. The molecule has 0 amide bonds. The standard InChI is InChI=1S/C14H18FN5O2S/c1-2-23(21,22)19-9-7-13(8-10-19)20-17-14(16-18-20)11-3-5-12(15)6-4-11/h3-6,13H,2,7-10H2,1H3. The predicted molar refractivity (Wildman–Crippen MR) is 82.5 cm³/mol. The van der Waals surface area contributed by atoms with E-state index in [2.05, 4.69) is 15.4 Å². The highest BCUT2D eigenvalue weighted by molar-refractivity contribution is 7.89. The van der Waals surface area contributed by atoms with Crippen LogP contribution in [0.25, 0.3) is 11.4 Å². The van der Waals surface area contributed by atoms with Crippen molar-refractivity contribution in [3.8, 4) is 11.4 Å². The summed E-state index contributed by atoms with van der Waals surface area (Å²) in [5.41, 5.74) is 0.698. The Kier molecular flexibility index (Phi) is 4.40. The number of sulfonamides is 1. The van der Waals surface area contributed by atoms with Crippen LogP contribution in [-0.4, -0.2) is 51.8 Å². The smallest absolute Gasteiger partial charge is 0.212 e. The summed E-state index contributed by atoms with van der Waals surface area (Å²) < 4.78 is 38.2. The van der Waals surface area contributed by atoms with Gasteiger partial charge in [0, 0.05) is 18.7 Å². The highest BCUT2D eigenvalue weighted by Gasteiger charge is 2.28. The van der Waals surface area contributed by atoms with Gasteiger partial charge in [0.1, 0.15) is 5.82 Å². The first kappa shape index (κ1) is 16.0. The van der Waals surface area contributed by atoms with Crippen molar-refractivity contribution in [2.24, 2.45) is 0 Å². The summed E-state index contributed by atoms with van der Waals surface area (Å²) in [6.07, 6.45) is 1.30. The molecular formula is C14H18FN5O2S. The van der Waals surface area contributed by atoms with E-state index in [-0.39, 0.29) is 17.6 Å². The van der Waals surface area contributed by atoms with Gasteiger partial charge >= 0.3 is 0 Å². The third-order valence-corrected chi connectivity index (χ3v) is 5.92. The van der Waals surface area contributed by atoms with E-state index in [1.807, 2.05) is 0 Å². The molecule has 1 aromatic carbocycles. The molecule has 0 radical (unpaired) electrons. The minimum atomic E-state index is -3.14. The summed E-state index contributed by atoms with van der Waals surface area (Å²) in [7, 11) is -3.14. The van der Waals surface area contributed by atoms with Gasteiger partial charge in [-0.15, -0.1) is 10.2 Å². The maximum absolute atomic E-state index is 12.9. The largest absolute Gasteiger partial charge is 0.213 e. The van der Waals surface area contributed by atoms with Gasteiger partial charge < -0.3 is 0 Å². The van der Waals surface area contributed by atoms with Crippen molar-refractivity contribution >= 4 is 10.0 Å². The van der Waals surface area contributed by atoms with E-state index in [1.165, 1.54) is 21.2 Å². The minimum Gasteiger partial charge on any atom is -0.212 e. The van der Waals surface area contributed by atoms with Gasteiger partial charge in [-0.05, 0) is 49.2 Å². The van der Waals surface area contributed by atoms with Crippen LogP contribution < -0.4 is 0 Å². The van der Waals surface area contributed by atoms with Crippen molar-refractivity contribution in [2.45, 2.75) is 25.8 Å². The molecule has 0 spiro atoms. The van der Waals surface area contributed by atoms with Gasteiger partial charge in [-0.25, -0.2) is 17.1 Å². The van der Waals surface area contributed by atoms with E-state index in [1.54, 1.807) is 19.1 Å². The molecule has 124 valence electrons. The molecule has 1 fully saturated rings. The van der Waals surface area contributed by atoms with Crippen LogP contribution in [-0.2, 0) is 10.0 Å². The molecule has 2 aromatic rings. The summed E-state index contributed by atoms with van der Waals surface area (Å²) in [6, 6.07) is 5.94. The average molecular weight is 339 g/mol. The first-order valence-electron chi connectivity index (χ1n) is 7.53. The van der Waals surface area contributed by atoms with Gasteiger partial charge in [0.15, 0.2) is 0 Å². The first-order valence-corrected chi connectivity index (χ1v) is 9.14. The van der Waals surface area contributed by atoms with Crippen molar-refractivity contribution in [3.05, 3.63) is 30.1 Å². The zero-order chi connectivity index (χ0) is 16.4. The summed E-state index contributed by atoms with van der Waals surface area (Å²) >= 11 is 0. The molecule has 9 heteroatoms. The van der Waals surface area contributed by atoms with Gasteiger partial charge in [-0.3, -0.25) is 0 Å². The zero-order valence-electron chi connectivity index (χ0n) is 12.8. The molecule has 2 heterocycles. The lowest BCUT2D eigenvalue weighted by Crippen LogP contribution is -2.40. The lowest BCUT2D eigenvalue weighted by molar-refractivity contribution is 0.243. The molecule has 0 saturated carbocycles. The number of aromatic nitrogens is 4. The molecular weight excluding hydrogens is 321 g/mol. The van der Waals surface area contributed by atoms with Gasteiger partial charge in [0.2, 0.25) is 15.8 Å². The van der Waals surface area contributed by atoms with Gasteiger partial charge in [0.05, 0.1) is 11.8 Å². The van der Waals surface area contributed by atoms with Crippen molar-refractivity contribution in [1.82, 2.24) is 24.5 Å². The molecule has 0 N–H and O–H groups in total. The Balaban J connectivity index is 1.69. The minimum absolute atomic E-state index is 0.0278. The predicted octanol–water partition coefficient (Wildman–Crippen LogP) is 1.47. The summed E-state index contributed by atoms with van der Waals surface area (Å²) in [4.78, 5) is 1.54. The monoisotopic (exact) mass is 339 g/mol. The number of halogens is 1. The van der Waals surface area contributed by atoms with E-state index in [0.717, 1.165) is 0 Å². The number of hydrogen-bond acceptors (Lipinski definition) is 5. The fourth-order valence-corrected chi connectivity index (χ4v) is 3.76. The summed E-state index contributed by atoms with van der Waals surface area (Å²) in [5, 5.41) is 12.4. The van der Waals surface area contributed by atoms with Gasteiger partial charge in [0.25, 0.3) is 0 Å². The normalized spacial score (nSPS) is 17.5. The molecule has 3 rings (SSSR count). The molecule has 1 aliphatic heterocycles. The fraction of sp³-hybridized carbons (Fsp3) is 0.500. The molecule has 1 aliphatic rings. The molecule has 0 bridgehead atoms. The van der Waals surface area contributed by atoms with Crippen LogP contribution in [0.5, 0.6) is 0 Å². The second-order valence-electron chi connectivity index (χ2n) is 5.47.